The van der Waals surface area contributed by atoms with Crippen LogP contribution in [-0.2, 0) is 4.79 Å². The largest absolute Gasteiger partial charge is 0.362 e. The third-order valence-electron chi connectivity index (χ3n) is 7.42. The molecule has 1 aliphatic carbocycles. The van der Waals surface area contributed by atoms with Crippen molar-refractivity contribution < 1.29 is 4.79 Å². The molecular weight excluding hydrogens is 529 g/mol. The van der Waals surface area contributed by atoms with E-state index in [-0.39, 0.29) is 5.91 Å². The molecule has 2 N–H and O–H groups in total. The van der Waals surface area contributed by atoms with Crippen LogP contribution in [0.4, 0.5) is 11.8 Å². The van der Waals surface area contributed by atoms with Crippen molar-refractivity contribution in [2.24, 2.45) is 5.92 Å². The van der Waals surface area contributed by atoms with Crippen molar-refractivity contribution in [2.75, 3.05) is 30.9 Å². The molecule has 1 saturated carbocycles. The van der Waals surface area contributed by atoms with Crippen LogP contribution >= 0.6 is 23.2 Å². The second-order valence-electron chi connectivity index (χ2n) is 10.4. The predicted octanol–water partition coefficient (Wildman–Crippen LogP) is 6.92. The molecule has 39 heavy (non-hydrogen) atoms. The van der Waals surface area contributed by atoms with Crippen molar-refractivity contribution in [3.63, 3.8) is 0 Å². The normalized spacial score (nSPS) is 17.3. The Balaban J connectivity index is 1.19. The van der Waals surface area contributed by atoms with Gasteiger partial charge < -0.3 is 15.5 Å². The van der Waals surface area contributed by atoms with Gasteiger partial charge in [-0.3, -0.25) is 4.79 Å². The standard InChI is InChI=1S/C31H33Cl2N5O/c1-38(2)29-26-5-3-4-6-27(26)36-31(37-29)35-25-17-7-20(8-18-25)19-34-30(39)28(21-9-13-23(32)14-10-21)22-11-15-24(33)16-12-22/h3-6,9-16,20,25,28H,7-8,17-19H2,1-2H3,(H,34,39)(H,35,36,37). The van der Waals surface area contributed by atoms with Crippen LogP contribution < -0.4 is 15.5 Å². The minimum atomic E-state index is -0.423. The Morgan fingerprint density at radius 2 is 1.46 bits per heavy atom. The Labute approximate surface area is 239 Å². The summed E-state index contributed by atoms with van der Waals surface area (Å²) in [6.45, 7) is 0.653. The molecule has 0 spiro atoms. The number of carbonyl (C=O) groups excluding carboxylic acids is 1. The predicted molar refractivity (Wildman–Crippen MR) is 161 cm³/mol. The first-order valence-corrected chi connectivity index (χ1v) is 14.1. The van der Waals surface area contributed by atoms with Crippen LogP contribution in [0.1, 0.15) is 42.7 Å². The summed E-state index contributed by atoms with van der Waals surface area (Å²) in [5.41, 5.74) is 2.74. The van der Waals surface area contributed by atoms with Gasteiger partial charge >= 0.3 is 0 Å². The van der Waals surface area contributed by atoms with E-state index in [1.807, 2.05) is 85.7 Å². The summed E-state index contributed by atoms with van der Waals surface area (Å²) >= 11 is 12.2. The molecule has 202 valence electrons. The van der Waals surface area contributed by atoms with Gasteiger partial charge in [0.05, 0.1) is 11.4 Å². The minimum Gasteiger partial charge on any atom is -0.362 e. The first-order valence-electron chi connectivity index (χ1n) is 13.4. The summed E-state index contributed by atoms with van der Waals surface area (Å²) < 4.78 is 0. The number of nitrogens with zero attached hydrogens (tertiary/aromatic N) is 3. The summed E-state index contributed by atoms with van der Waals surface area (Å²) in [6.07, 6.45) is 4.06. The van der Waals surface area contributed by atoms with Crippen molar-refractivity contribution in [1.29, 1.82) is 0 Å². The van der Waals surface area contributed by atoms with E-state index >= 15 is 0 Å². The number of fused-ring (bicyclic) bond motifs is 1. The summed E-state index contributed by atoms with van der Waals surface area (Å²) in [7, 11) is 4.00. The molecule has 1 aromatic heterocycles. The smallest absolute Gasteiger partial charge is 0.232 e. The Morgan fingerprint density at radius 3 is 2.05 bits per heavy atom. The van der Waals surface area contributed by atoms with Crippen LogP contribution in [0.25, 0.3) is 10.9 Å². The zero-order chi connectivity index (χ0) is 27.4. The zero-order valence-electron chi connectivity index (χ0n) is 22.2. The number of halogens is 2. The van der Waals surface area contributed by atoms with E-state index in [1.54, 1.807) is 0 Å². The molecule has 1 aliphatic rings. The summed E-state index contributed by atoms with van der Waals surface area (Å²) in [6, 6.07) is 23.3. The van der Waals surface area contributed by atoms with Crippen molar-refractivity contribution in [3.05, 3.63) is 94.0 Å². The fraction of sp³-hybridized carbons (Fsp3) is 0.323. The lowest BCUT2D eigenvalue weighted by molar-refractivity contribution is -0.121. The molecule has 0 unspecified atom stereocenters. The molecule has 1 heterocycles. The molecule has 5 rings (SSSR count). The van der Waals surface area contributed by atoms with Gasteiger partial charge in [-0.05, 0) is 79.1 Å². The zero-order valence-corrected chi connectivity index (χ0v) is 23.7. The quantitative estimate of drug-likeness (QED) is 0.244. The first kappa shape index (κ1) is 27.2. The van der Waals surface area contributed by atoms with E-state index < -0.39 is 5.92 Å². The summed E-state index contributed by atoms with van der Waals surface area (Å²) in [4.78, 5) is 25.0. The maximum absolute atomic E-state index is 13.4. The number of aromatic nitrogens is 2. The molecule has 1 fully saturated rings. The Morgan fingerprint density at radius 1 is 0.872 bits per heavy atom. The SMILES string of the molecule is CN(C)c1nc(NC2CCC(CNC(=O)C(c3ccc(Cl)cc3)c3ccc(Cl)cc3)CC2)nc2ccccc12. The number of para-hydroxylation sites is 1. The van der Waals surface area contributed by atoms with Crippen molar-refractivity contribution >= 4 is 51.8 Å². The number of hydrogen-bond acceptors (Lipinski definition) is 5. The highest BCUT2D eigenvalue weighted by atomic mass is 35.5. The highest BCUT2D eigenvalue weighted by Gasteiger charge is 2.26. The average molecular weight is 563 g/mol. The van der Waals surface area contributed by atoms with E-state index in [0.29, 0.717) is 34.5 Å². The number of anilines is 2. The lowest BCUT2D eigenvalue weighted by Crippen LogP contribution is -2.36. The monoisotopic (exact) mass is 561 g/mol. The molecule has 0 atom stereocenters. The molecule has 8 heteroatoms. The van der Waals surface area contributed by atoms with Crippen LogP contribution in [0.3, 0.4) is 0 Å². The van der Waals surface area contributed by atoms with Gasteiger partial charge in [0.15, 0.2) is 0 Å². The maximum Gasteiger partial charge on any atom is 0.232 e. The molecule has 0 saturated heterocycles. The van der Waals surface area contributed by atoms with Gasteiger partial charge in [-0.25, -0.2) is 4.98 Å². The fourth-order valence-electron chi connectivity index (χ4n) is 5.31. The number of amides is 1. The molecule has 0 aliphatic heterocycles. The first-order chi connectivity index (χ1) is 18.9. The van der Waals surface area contributed by atoms with E-state index in [0.717, 1.165) is 53.5 Å². The number of nitrogens with one attached hydrogen (secondary N) is 2. The van der Waals surface area contributed by atoms with Crippen LogP contribution in [0.15, 0.2) is 72.8 Å². The van der Waals surface area contributed by atoms with Crippen molar-refractivity contribution in [3.8, 4) is 0 Å². The van der Waals surface area contributed by atoms with Gasteiger partial charge in [-0.1, -0.05) is 59.6 Å². The van der Waals surface area contributed by atoms with Crippen molar-refractivity contribution in [1.82, 2.24) is 15.3 Å². The summed E-state index contributed by atoms with van der Waals surface area (Å²) in [5.74, 6) is 1.57. The van der Waals surface area contributed by atoms with Crippen molar-refractivity contribution in [2.45, 2.75) is 37.6 Å². The second kappa shape index (κ2) is 12.2. The van der Waals surface area contributed by atoms with E-state index in [1.165, 1.54) is 0 Å². The Hall–Kier alpha value is -3.35. The second-order valence-corrected chi connectivity index (χ2v) is 11.3. The minimum absolute atomic E-state index is 0.0133. The Kier molecular flexibility index (Phi) is 8.53. The van der Waals surface area contributed by atoms with E-state index in [9.17, 15) is 4.79 Å². The van der Waals surface area contributed by atoms with E-state index in [2.05, 4.69) is 16.7 Å². The number of carbonyl (C=O) groups is 1. The molecule has 0 bridgehead atoms. The van der Waals surface area contributed by atoms with Gasteiger partial charge in [-0.2, -0.15) is 4.98 Å². The van der Waals surface area contributed by atoms with Crippen LogP contribution in [-0.4, -0.2) is 42.6 Å². The van der Waals surface area contributed by atoms with Crippen LogP contribution in [0, 0.1) is 5.92 Å². The molecule has 3 aromatic carbocycles. The van der Waals surface area contributed by atoms with Crippen LogP contribution in [0.5, 0.6) is 0 Å². The fourth-order valence-corrected chi connectivity index (χ4v) is 5.56. The van der Waals surface area contributed by atoms with Gasteiger partial charge in [0.1, 0.15) is 5.82 Å². The van der Waals surface area contributed by atoms with Crippen LogP contribution in [0.2, 0.25) is 10.0 Å². The maximum atomic E-state index is 13.4. The van der Waals surface area contributed by atoms with Gasteiger partial charge in [0, 0.05) is 42.1 Å². The number of rotatable bonds is 8. The topological polar surface area (TPSA) is 70.2 Å². The summed E-state index contributed by atoms with van der Waals surface area (Å²) in [5, 5.41) is 9.13. The molecule has 6 nitrogen and oxygen atoms in total. The van der Waals surface area contributed by atoms with Gasteiger partial charge in [-0.15, -0.1) is 0 Å². The average Bonchev–Trinajstić information content (AvgIpc) is 2.94. The third-order valence-corrected chi connectivity index (χ3v) is 7.92. The van der Waals surface area contributed by atoms with E-state index in [4.69, 9.17) is 33.2 Å². The lowest BCUT2D eigenvalue weighted by Gasteiger charge is -2.30. The Bertz CT molecular complexity index is 1370. The number of hydrogen-bond donors (Lipinski definition) is 2. The van der Waals surface area contributed by atoms with Gasteiger partial charge in [0.2, 0.25) is 11.9 Å². The highest BCUT2D eigenvalue weighted by molar-refractivity contribution is 6.30. The molecule has 1 amide bonds. The molecule has 0 radical (unpaired) electrons. The lowest BCUT2D eigenvalue weighted by atomic mass is 9.85. The highest BCUT2D eigenvalue weighted by Crippen LogP contribution is 2.30. The molecule has 4 aromatic rings. The third kappa shape index (κ3) is 6.63. The number of benzene rings is 3. The van der Waals surface area contributed by atoms with Gasteiger partial charge in [0.25, 0.3) is 0 Å². The molecular formula is C31H33Cl2N5O.